The van der Waals surface area contributed by atoms with Crippen molar-refractivity contribution in [3.63, 3.8) is 0 Å². The molecule has 6 unspecified atom stereocenters. The molecule has 1 amide bonds. The van der Waals surface area contributed by atoms with Gasteiger partial charge >= 0.3 is 35.9 Å². The van der Waals surface area contributed by atoms with E-state index < -0.39 is 83.8 Å². The fourth-order valence-corrected chi connectivity index (χ4v) is 8.99. The highest BCUT2D eigenvalue weighted by molar-refractivity contribution is 5.86. The van der Waals surface area contributed by atoms with Crippen molar-refractivity contribution in [2.24, 2.45) is 23.7 Å². The number of hydrogen-bond acceptors (Lipinski definition) is 13. The van der Waals surface area contributed by atoms with Crippen LogP contribution in [0, 0.1) is 23.7 Å². The van der Waals surface area contributed by atoms with E-state index in [1.54, 1.807) is 48.6 Å². The normalized spacial score (nSPS) is 19.3. The van der Waals surface area contributed by atoms with Crippen LogP contribution in [0.3, 0.4) is 0 Å². The van der Waals surface area contributed by atoms with Crippen molar-refractivity contribution in [2.45, 2.75) is 43.3 Å². The lowest BCUT2D eigenvalue weighted by atomic mass is 9.68. The molecule has 6 atom stereocenters. The second-order valence-corrected chi connectivity index (χ2v) is 16.7. The molecule has 4 aromatic carbocycles. The Morgan fingerprint density at radius 3 is 1.57 bits per heavy atom. The van der Waals surface area contributed by atoms with Crippen LogP contribution >= 0.6 is 0 Å². The molecule has 0 fully saturated rings. The van der Waals surface area contributed by atoms with Gasteiger partial charge in [-0.05, 0) is 83.3 Å². The molecule has 16 nitrogen and oxygen atoms in total. The molecule has 0 heterocycles. The predicted octanol–water partition coefficient (Wildman–Crippen LogP) is 6.41. The Labute approximate surface area is 398 Å². The van der Waals surface area contributed by atoms with Crippen LogP contribution in [0.2, 0.25) is 0 Å². The number of benzene rings is 4. The highest BCUT2D eigenvalue weighted by Crippen LogP contribution is 2.56. The molecule has 3 aliphatic carbocycles. The highest BCUT2D eigenvalue weighted by atomic mass is 16.6. The number of carbonyl (C=O) groups excluding carboxylic acids is 4. The van der Waals surface area contributed by atoms with E-state index in [0.29, 0.717) is 11.5 Å². The monoisotopic (exact) mass is 943 g/mol. The van der Waals surface area contributed by atoms with Gasteiger partial charge in [-0.2, -0.15) is 0 Å². The van der Waals surface area contributed by atoms with E-state index in [1.165, 1.54) is 0 Å². The maximum absolute atomic E-state index is 13.1. The van der Waals surface area contributed by atoms with Crippen molar-refractivity contribution >= 4 is 35.9 Å². The van der Waals surface area contributed by atoms with Gasteiger partial charge in [0.05, 0.1) is 35.6 Å². The van der Waals surface area contributed by atoms with Crippen molar-refractivity contribution in [1.82, 2.24) is 5.32 Å². The average Bonchev–Trinajstić information content (AvgIpc) is 3.68. The van der Waals surface area contributed by atoms with E-state index in [4.69, 9.17) is 28.4 Å². The quantitative estimate of drug-likeness (QED) is 0.0205. The topological polar surface area (TPSA) is 231 Å². The van der Waals surface area contributed by atoms with Crippen molar-refractivity contribution in [3.8, 4) is 22.6 Å². The molecule has 69 heavy (non-hydrogen) atoms. The van der Waals surface area contributed by atoms with Gasteiger partial charge in [-0.15, -0.1) is 0 Å². The molecule has 0 aliphatic heterocycles. The second-order valence-electron chi connectivity index (χ2n) is 16.7. The first-order valence-electron chi connectivity index (χ1n) is 22.6. The van der Waals surface area contributed by atoms with Crippen LogP contribution in [-0.4, -0.2) is 103 Å². The van der Waals surface area contributed by atoms with Crippen LogP contribution < -0.4 is 14.8 Å². The molecule has 4 N–H and O–H groups in total. The van der Waals surface area contributed by atoms with E-state index in [0.717, 1.165) is 39.5 Å². The maximum Gasteiger partial charge on any atom is 0.407 e. The average molecular weight is 944 g/mol. The third-order valence-electron chi connectivity index (χ3n) is 12.4. The van der Waals surface area contributed by atoms with Crippen LogP contribution in [-0.2, 0) is 48.3 Å². The van der Waals surface area contributed by atoms with Crippen LogP contribution in [0.4, 0.5) is 4.79 Å². The van der Waals surface area contributed by atoms with E-state index in [9.17, 15) is 44.1 Å². The van der Waals surface area contributed by atoms with Crippen LogP contribution in [0.1, 0.15) is 47.9 Å². The molecule has 0 radical (unpaired) electrons. The Hall–Kier alpha value is -7.72. The molecule has 7 rings (SSSR count). The second kappa shape index (κ2) is 22.9. The molecule has 3 aliphatic rings. The third-order valence-corrected chi connectivity index (χ3v) is 12.4. The third kappa shape index (κ3) is 11.5. The van der Waals surface area contributed by atoms with E-state index in [-0.39, 0.29) is 58.7 Å². The Morgan fingerprint density at radius 1 is 0.609 bits per heavy atom. The number of carboxylic acids is 2. The fraction of sp³-hybridized carbons (Fsp3) is 0.321. The number of aliphatic hydroxyl groups is 1. The largest absolute Gasteiger partial charge is 0.491 e. The van der Waals surface area contributed by atoms with Gasteiger partial charge < -0.3 is 49.1 Å². The van der Waals surface area contributed by atoms with E-state index in [1.807, 2.05) is 48.5 Å². The van der Waals surface area contributed by atoms with Gasteiger partial charge in [0.25, 0.3) is 0 Å². The van der Waals surface area contributed by atoms with Crippen LogP contribution in [0.15, 0.2) is 134 Å². The number of esters is 3. The molecule has 4 aromatic rings. The summed E-state index contributed by atoms with van der Waals surface area (Å²) in [6.07, 6.45) is 5.56. The first-order valence-corrected chi connectivity index (χ1v) is 22.6. The van der Waals surface area contributed by atoms with E-state index >= 15 is 0 Å². The Morgan fingerprint density at radius 2 is 1.07 bits per heavy atom. The zero-order chi connectivity index (χ0) is 48.9. The summed E-state index contributed by atoms with van der Waals surface area (Å²) in [6.45, 7) is 1.87. The smallest absolute Gasteiger partial charge is 0.407 e. The molecule has 0 spiro atoms. The number of carbonyl (C=O) groups is 6. The Bertz CT molecular complexity index is 2520. The molecular weight excluding hydrogens is 891 g/mol. The molecule has 0 aromatic heterocycles. The summed E-state index contributed by atoms with van der Waals surface area (Å²) in [7, 11) is 0. The summed E-state index contributed by atoms with van der Waals surface area (Å²) in [6, 6.07) is 31.2. The van der Waals surface area contributed by atoms with Crippen molar-refractivity contribution in [3.05, 3.63) is 156 Å². The Balaban J connectivity index is 1.06. The summed E-state index contributed by atoms with van der Waals surface area (Å²) < 4.78 is 33.3. The summed E-state index contributed by atoms with van der Waals surface area (Å²) >= 11 is 0. The van der Waals surface area contributed by atoms with Gasteiger partial charge in [-0.25, -0.2) is 9.59 Å². The first kappa shape index (κ1) is 49.2. The lowest BCUT2D eigenvalue weighted by Gasteiger charge is -2.34. The number of hydrogen-bond donors (Lipinski definition) is 4. The minimum absolute atomic E-state index is 0.0781. The standard InChI is InChI=1S/C53H53NO15/c1-2-47(56)64-28-27-54-52(63)69-38(32-68-51(62)44-16-6-4-14-42(44)49(59)60)31-66-37-25-21-34(22-26-37)53(45-17-9-7-11-39(45)40-12-8-10-18-46(40)53)33-19-23-36(24-20-33)65-29-35(55)30-67-50(61)43-15-5-3-13-41(43)48(57)58/h2-12,17-26,35,38,41-44,55H,1,13-16,27-32H2,(H,54,63)(H,57,58)(H,59,60). The molecule has 0 bridgehead atoms. The lowest BCUT2D eigenvalue weighted by Crippen LogP contribution is -2.38. The summed E-state index contributed by atoms with van der Waals surface area (Å²) in [5.74, 6) is -7.02. The van der Waals surface area contributed by atoms with Gasteiger partial charge in [-0.1, -0.05) is 104 Å². The number of nitrogens with one attached hydrogen (secondary N) is 1. The van der Waals surface area contributed by atoms with Gasteiger partial charge in [-0.3, -0.25) is 19.2 Å². The minimum Gasteiger partial charge on any atom is -0.491 e. The number of allylic oxidation sites excluding steroid dienone is 4. The SMILES string of the molecule is C=CC(=O)OCCNC(=O)OC(COC(=O)C1CC=CCC1C(=O)O)COc1ccc(C2(c3ccc(OCC(O)COC(=O)C4CC=CCC4C(=O)O)cc3)c3ccccc3-c3ccccc32)cc1. The van der Waals surface area contributed by atoms with E-state index in [2.05, 4.69) is 36.2 Å². The number of amides is 1. The Kier molecular flexibility index (Phi) is 16.3. The summed E-state index contributed by atoms with van der Waals surface area (Å²) in [5.41, 5.74) is 5.15. The highest BCUT2D eigenvalue weighted by Gasteiger charge is 2.46. The number of alkyl carbamates (subject to hydrolysis) is 1. The first-order chi connectivity index (χ1) is 33.4. The minimum atomic E-state index is -1.17. The number of fused-ring (bicyclic) bond motifs is 3. The van der Waals surface area contributed by atoms with Crippen molar-refractivity contribution in [1.29, 1.82) is 0 Å². The zero-order valence-corrected chi connectivity index (χ0v) is 37.6. The maximum atomic E-state index is 13.1. The number of rotatable bonds is 21. The molecule has 0 saturated carbocycles. The predicted molar refractivity (Wildman–Crippen MR) is 248 cm³/mol. The van der Waals surface area contributed by atoms with Crippen LogP contribution in [0.5, 0.6) is 11.5 Å². The molecule has 0 saturated heterocycles. The summed E-state index contributed by atoms with van der Waals surface area (Å²) in [4.78, 5) is 73.6. The number of aliphatic carboxylic acids is 2. The van der Waals surface area contributed by atoms with Gasteiger partial charge in [0.2, 0.25) is 0 Å². The fourth-order valence-electron chi connectivity index (χ4n) is 8.99. The number of ether oxygens (including phenoxy) is 6. The van der Waals surface area contributed by atoms with Gasteiger partial charge in [0.15, 0.2) is 6.10 Å². The molecule has 16 heteroatoms. The van der Waals surface area contributed by atoms with Gasteiger partial charge in [0.1, 0.15) is 50.6 Å². The van der Waals surface area contributed by atoms with Crippen molar-refractivity contribution in [2.75, 3.05) is 39.6 Å². The van der Waals surface area contributed by atoms with Gasteiger partial charge in [0, 0.05) is 6.08 Å². The number of aliphatic hydroxyl groups excluding tert-OH is 1. The van der Waals surface area contributed by atoms with Crippen LogP contribution in [0.25, 0.3) is 11.1 Å². The summed E-state index contributed by atoms with van der Waals surface area (Å²) in [5, 5.41) is 32.4. The zero-order valence-electron chi connectivity index (χ0n) is 37.6. The molecule has 360 valence electrons. The van der Waals surface area contributed by atoms with Crippen molar-refractivity contribution < 1.29 is 72.5 Å². The number of carboxylic acid groups (broad SMARTS) is 2. The lowest BCUT2D eigenvalue weighted by molar-refractivity contribution is -0.160. The molecular formula is C53H53NO15.